The van der Waals surface area contributed by atoms with Crippen LogP contribution in [0.1, 0.15) is 31.7 Å². The summed E-state index contributed by atoms with van der Waals surface area (Å²) in [5.41, 5.74) is 1.29. The van der Waals surface area contributed by atoms with Crippen molar-refractivity contribution in [3.63, 3.8) is 0 Å². The van der Waals surface area contributed by atoms with Gasteiger partial charge in [-0.1, -0.05) is 36.2 Å². The van der Waals surface area contributed by atoms with E-state index in [1.807, 2.05) is 18.2 Å². The van der Waals surface area contributed by atoms with Crippen LogP contribution in [0, 0.1) is 0 Å². The molecule has 1 nitrogen and oxygen atoms in total. The molecule has 1 aromatic rings. The van der Waals surface area contributed by atoms with Crippen LogP contribution in [0.3, 0.4) is 0 Å². The Bertz CT molecular complexity index is 350. The zero-order chi connectivity index (χ0) is 11.6. The minimum absolute atomic E-state index is 0.203. The van der Waals surface area contributed by atoms with Crippen molar-refractivity contribution in [3.8, 4) is 0 Å². The molecule has 1 unspecified atom stereocenters. The largest absolute Gasteiger partial charge is 0.311 e. The molecule has 0 aromatic heterocycles. The van der Waals surface area contributed by atoms with Crippen molar-refractivity contribution in [1.29, 1.82) is 0 Å². The van der Waals surface area contributed by atoms with Gasteiger partial charge in [0, 0.05) is 15.6 Å². The predicted molar refractivity (Wildman–Crippen MR) is 70.4 cm³/mol. The lowest BCUT2D eigenvalue weighted by atomic mass is 9.87. The summed E-state index contributed by atoms with van der Waals surface area (Å²) in [5, 5.41) is 5.18. The van der Waals surface area contributed by atoms with Gasteiger partial charge >= 0.3 is 0 Å². The van der Waals surface area contributed by atoms with Crippen LogP contribution in [0.15, 0.2) is 18.2 Å². The zero-order valence-electron chi connectivity index (χ0n) is 9.52. The Morgan fingerprint density at radius 3 is 2.50 bits per heavy atom. The summed E-state index contributed by atoms with van der Waals surface area (Å²) in [5.74, 6) is 0. The average Bonchev–Trinajstić information content (AvgIpc) is 2.73. The van der Waals surface area contributed by atoms with Crippen molar-refractivity contribution in [1.82, 2.24) is 5.32 Å². The number of halogens is 2. The molecule has 1 aliphatic rings. The standard InChI is InChI=1S/C13H17Cl2N/c1-2-13(7-4-8-16-13)9-10-11(14)5-3-6-12(10)15/h3,5-6,16H,2,4,7-9H2,1H3. The Kier molecular flexibility index (Phi) is 3.78. The number of nitrogens with one attached hydrogen (secondary N) is 1. The molecule has 1 aromatic carbocycles. The van der Waals surface area contributed by atoms with E-state index in [9.17, 15) is 0 Å². The number of benzene rings is 1. The normalized spacial score (nSPS) is 24.9. The zero-order valence-corrected chi connectivity index (χ0v) is 11.0. The van der Waals surface area contributed by atoms with Gasteiger partial charge in [0.05, 0.1) is 0 Å². The van der Waals surface area contributed by atoms with Crippen LogP contribution in [0.4, 0.5) is 0 Å². The molecule has 88 valence electrons. The third-order valence-corrected chi connectivity index (χ3v) is 4.29. The summed E-state index contributed by atoms with van der Waals surface area (Å²) in [6.45, 7) is 3.33. The van der Waals surface area contributed by atoms with Crippen molar-refractivity contribution < 1.29 is 0 Å². The van der Waals surface area contributed by atoms with E-state index < -0.39 is 0 Å². The van der Waals surface area contributed by atoms with Crippen LogP contribution < -0.4 is 5.32 Å². The Morgan fingerprint density at radius 1 is 1.31 bits per heavy atom. The minimum atomic E-state index is 0.203. The van der Waals surface area contributed by atoms with E-state index in [1.54, 1.807) is 0 Å². The molecular weight excluding hydrogens is 241 g/mol. The summed E-state index contributed by atoms with van der Waals surface area (Å²) < 4.78 is 0. The molecule has 1 heterocycles. The third-order valence-electron chi connectivity index (χ3n) is 3.59. The summed E-state index contributed by atoms with van der Waals surface area (Å²) in [6, 6.07) is 5.73. The first-order chi connectivity index (χ1) is 7.67. The fourth-order valence-corrected chi connectivity index (χ4v) is 3.02. The Balaban J connectivity index is 2.25. The monoisotopic (exact) mass is 257 g/mol. The highest BCUT2D eigenvalue weighted by molar-refractivity contribution is 6.36. The molecule has 1 aliphatic heterocycles. The highest BCUT2D eigenvalue weighted by atomic mass is 35.5. The lowest BCUT2D eigenvalue weighted by Crippen LogP contribution is -2.41. The molecule has 1 saturated heterocycles. The summed E-state index contributed by atoms with van der Waals surface area (Å²) in [4.78, 5) is 0. The maximum Gasteiger partial charge on any atom is 0.0453 e. The summed E-state index contributed by atoms with van der Waals surface area (Å²) in [7, 11) is 0. The fraction of sp³-hybridized carbons (Fsp3) is 0.538. The molecule has 0 amide bonds. The van der Waals surface area contributed by atoms with Gasteiger partial charge < -0.3 is 5.32 Å². The fourth-order valence-electron chi connectivity index (χ4n) is 2.49. The molecule has 0 spiro atoms. The van der Waals surface area contributed by atoms with E-state index in [4.69, 9.17) is 23.2 Å². The molecule has 16 heavy (non-hydrogen) atoms. The maximum absolute atomic E-state index is 6.21. The second kappa shape index (κ2) is 4.95. The molecule has 1 fully saturated rings. The number of hydrogen-bond donors (Lipinski definition) is 1. The van der Waals surface area contributed by atoms with Gasteiger partial charge in [-0.15, -0.1) is 0 Å². The van der Waals surface area contributed by atoms with Crippen molar-refractivity contribution >= 4 is 23.2 Å². The average molecular weight is 258 g/mol. The van der Waals surface area contributed by atoms with Crippen LogP contribution in [-0.2, 0) is 6.42 Å². The van der Waals surface area contributed by atoms with Crippen molar-refractivity contribution in [3.05, 3.63) is 33.8 Å². The van der Waals surface area contributed by atoms with Crippen molar-refractivity contribution in [2.45, 2.75) is 38.1 Å². The molecular formula is C13H17Cl2N. The first-order valence-electron chi connectivity index (χ1n) is 5.85. The Labute approximate surface area is 107 Å². The van der Waals surface area contributed by atoms with Crippen LogP contribution in [0.2, 0.25) is 10.0 Å². The molecule has 0 radical (unpaired) electrons. The summed E-state index contributed by atoms with van der Waals surface area (Å²) >= 11 is 12.4. The smallest absolute Gasteiger partial charge is 0.0453 e. The molecule has 2 rings (SSSR count). The molecule has 3 heteroatoms. The van der Waals surface area contributed by atoms with Crippen LogP contribution in [-0.4, -0.2) is 12.1 Å². The predicted octanol–water partition coefficient (Wildman–Crippen LogP) is 4.07. The number of rotatable bonds is 3. The Hall–Kier alpha value is -0.240. The van der Waals surface area contributed by atoms with Crippen molar-refractivity contribution in [2.75, 3.05) is 6.54 Å². The van der Waals surface area contributed by atoms with Crippen molar-refractivity contribution in [2.24, 2.45) is 0 Å². The van der Waals surface area contributed by atoms with E-state index in [-0.39, 0.29) is 5.54 Å². The molecule has 0 saturated carbocycles. The van der Waals surface area contributed by atoms with Gasteiger partial charge in [-0.2, -0.15) is 0 Å². The highest BCUT2D eigenvalue weighted by Crippen LogP contribution is 2.33. The van der Waals surface area contributed by atoms with E-state index >= 15 is 0 Å². The van der Waals surface area contributed by atoms with Crippen LogP contribution in [0.5, 0.6) is 0 Å². The van der Waals surface area contributed by atoms with Gasteiger partial charge in [0.2, 0.25) is 0 Å². The second-order valence-electron chi connectivity index (χ2n) is 4.54. The van der Waals surface area contributed by atoms with Crippen LogP contribution in [0.25, 0.3) is 0 Å². The molecule has 1 N–H and O–H groups in total. The minimum Gasteiger partial charge on any atom is -0.311 e. The van der Waals surface area contributed by atoms with Gasteiger partial charge in [0.25, 0.3) is 0 Å². The molecule has 1 atom stereocenters. The van der Waals surface area contributed by atoms with E-state index in [1.165, 1.54) is 12.8 Å². The lowest BCUT2D eigenvalue weighted by Gasteiger charge is -2.29. The van der Waals surface area contributed by atoms with Gasteiger partial charge in [0.1, 0.15) is 0 Å². The Morgan fingerprint density at radius 2 is 2.00 bits per heavy atom. The van der Waals surface area contributed by atoms with Gasteiger partial charge in [-0.05, 0) is 49.9 Å². The van der Waals surface area contributed by atoms with Crippen LogP contribution >= 0.6 is 23.2 Å². The quantitative estimate of drug-likeness (QED) is 0.861. The van der Waals surface area contributed by atoms with Gasteiger partial charge in [0.15, 0.2) is 0 Å². The maximum atomic E-state index is 6.21. The first kappa shape index (κ1) is 12.2. The molecule has 0 bridgehead atoms. The first-order valence-corrected chi connectivity index (χ1v) is 6.60. The topological polar surface area (TPSA) is 12.0 Å². The van der Waals surface area contributed by atoms with Gasteiger partial charge in [-0.25, -0.2) is 0 Å². The molecule has 0 aliphatic carbocycles. The van der Waals surface area contributed by atoms with E-state index in [2.05, 4.69) is 12.2 Å². The highest BCUT2D eigenvalue weighted by Gasteiger charge is 2.32. The summed E-state index contributed by atoms with van der Waals surface area (Å²) in [6.07, 6.45) is 4.51. The van der Waals surface area contributed by atoms with E-state index in [0.29, 0.717) is 0 Å². The van der Waals surface area contributed by atoms with E-state index in [0.717, 1.165) is 35.0 Å². The number of hydrogen-bond acceptors (Lipinski definition) is 1. The second-order valence-corrected chi connectivity index (χ2v) is 5.36. The lowest BCUT2D eigenvalue weighted by molar-refractivity contribution is 0.360. The van der Waals surface area contributed by atoms with Gasteiger partial charge in [-0.3, -0.25) is 0 Å². The SMILES string of the molecule is CCC1(Cc2c(Cl)cccc2Cl)CCCN1. The third kappa shape index (κ3) is 2.37.